The van der Waals surface area contributed by atoms with Crippen molar-refractivity contribution in [3.05, 3.63) is 36.0 Å². The molecule has 0 aliphatic carbocycles. The van der Waals surface area contributed by atoms with Crippen molar-refractivity contribution >= 4 is 10.9 Å². The quantitative estimate of drug-likeness (QED) is 0.829. The van der Waals surface area contributed by atoms with Crippen LogP contribution in [0, 0.1) is 0 Å². The van der Waals surface area contributed by atoms with Crippen molar-refractivity contribution in [2.24, 2.45) is 0 Å². The van der Waals surface area contributed by atoms with E-state index in [1.807, 2.05) is 58.2 Å². The van der Waals surface area contributed by atoms with Gasteiger partial charge in [-0.1, -0.05) is 12.1 Å². The summed E-state index contributed by atoms with van der Waals surface area (Å²) >= 11 is 0. The predicted molar refractivity (Wildman–Crippen MR) is 85.7 cm³/mol. The molecular formula is C17H24N2O2. The van der Waals surface area contributed by atoms with Crippen LogP contribution in [0.2, 0.25) is 0 Å². The van der Waals surface area contributed by atoms with Gasteiger partial charge < -0.3 is 14.8 Å². The zero-order valence-corrected chi connectivity index (χ0v) is 13.3. The number of hydrogen-bond acceptors (Lipinski definition) is 4. The van der Waals surface area contributed by atoms with Crippen LogP contribution in [0.3, 0.4) is 0 Å². The molecule has 0 bridgehead atoms. The minimum absolute atomic E-state index is 0.138. The smallest absolute Gasteiger partial charge is 0.130 e. The number of pyridine rings is 1. The number of nitrogens with zero attached hydrogens (tertiary/aromatic N) is 1. The molecule has 0 radical (unpaired) electrons. The maximum absolute atomic E-state index is 5.91. The first kappa shape index (κ1) is 15.7. The zero-order valence-electron chi connectivity index (χ0n) is 13.3. The molecule has 1 aromatic carbocycles. The molecule has 0 fully saturated rings. The first-order chi connectivity index (χ1) is 9.99. The van der Waals surface area contributed by atoms with E-state index in [1.165, 1.54) is 0 Å². The SMILES string of the molecule is CNCc1cc(OCCOC(C)(C)C)c2ccccc2n1. The Labute approximate surface area is 126 Å². The van der Waals surface area contributed by atoms with E-state index in [4.69, 9.17) is 9.47 Å². The highest BCUT2D eigenvalue weighted by Crippen LogP contribution is 2.25. The van der Waals surface area contributed by atoms with Crippen LogP contribution in [0.25, 0.3) is 10.9 Å². The summed E-state index contributed by atoms with van der Waals surface area (Å²) in [6.07, 6.45) is 0. The topological polar surface area (TPSA) is 43.4 Å². The Balaban J connectivity index is 2.13. The average molecular weight is 288 g/mol. The summed E-state index contributed by atoms with van der Waals surface area (Å²) in [7, 11) is 1.91. The van der Waals surface area contributed by atoms with Gasteiger partial charge in [0, 0.05) is 18.0 Å². The summed E-state index contributed by atoms with van der Waals surface area (Å²) in [5, 5.41) is 4.16. The molecule has 2 rings (SSSR count). The van der Waals surface area contributed by atoms with E-state index in [-0.39, 0.29) is 5.60 Å². The lowest BCUT2D eigenvalue weighted by molar-refractivity contribution is -0.0161. The zero-order chi connectivity index (χ0) is 15.3. The third-order valence-electron chi connectivity index (χ3n) is 2.97. The van der Waals surface area contributed by atoms with Gasteiger partial charge in [0.1, 0.15) is 12.4 Å². The van der Waals surface area contributed by atoms with E-state index in [2.05, 4.69) is 10.3 Å². The summed E-state index contributed by atoms with van der Waals surface area (Å²) in [4.78, 5) is 4.62. The predicted octanol–water partition coefficient (Wildman–Crippen LogP) is 3.15. The first-order valence-corrected chi connectivity index (χ1v) is 7.29. The number of rotatable bonds is 6. The molecule has 1 N–H and O–H groups in total. The minimum atomic E-state index is -0.138. The molecule has 0 unspecified atom stereocenters. The Bertz CT molecular complexity index is 591. The number of nitrogens with one attached hydrogen (secondary N) is 1. The fraction of sp³-hybridized carbons (Fsp3) is 0.471. The van der Waals surface area contributed by atoms with E-state index in [0.29, 0.717) is 13.2 Å². The summed E-state index contributed by atoms with van der Waals surface area (Å²) in [6, 6.07) is 10.0. The van der Waals surface area contributed by atoms with Gasteiger partial charge in [-0.25, -0.2) is 0 Å². The van der Waals surface area contributed by atoms with Crippen molar-refractivity contribution in [3.8, 4) is 5.75 Å². The van der Waals surface area contributed by atoms with Crippen LogP contribution in [0.15, 0.2) is 30.3 Å². The summed E-state index contributed by atoms with van der Waals surface area (Å²) in [5.74, 6) is 0.864. The molecule has 2 aromatic rings. The van der Waals surface area contributed by atoms with Gasteiger partial charge in [0.15, 0.2) is 0 Å². The van der Waals surface area contributed by atoms with Gasteiger partial charge in [-0.3, -0.25) is 4.98 Å². The van der Waals surface area contributed by atoms with E-state index >= 15 is 0 Å². The molecule has 0 amide bonds. The Kier molecular flexibility index (Phi) is 5.15. The van der Waals surface area contributed by atoms with E-state index in [0.717, 1.165) is 28.9 Å². The molecule has 21 heavy (non-hydrogen) atoms. The highest BCUT2D eigenvalue weighted by molar-refractivity contribution is 5.85. The highest BCUT2D eigenvalue weighted by Gasteiger charge is 2.10. The standard InChI is InChI=1S/C17H24N2O2/c1-17(2,3)21-10-9-20-16-11-13(12-18-4)19-15-8-6-5-7-14(15)16/h5-8,11,18H,9-10,12H2,1-4H3. The lowest BCUT2D eigenvalue weighted by atomic mass is 10.2. The highest BCUT2D eigenvalue weighted by atomic mass is 16.5. The molecule has 0 aliphatic rings. The van der Waals surface area contributed by atoms with Crippen LogP contribution in [-0.4, -0.2) is 30.8 Å². The Morgan fingerprint density at radius 2 is 1.90 bits per heavy atom. The second kappa shape index (κ2) is 6.87. The molecule has 114 valence electrons. The molecule has 0 aliphatic heterocycles. The van der Waals surface area contributed by atoms with Gasteiger partial charge in [-0.05, 0) is 40.0 Å². The first-order valence-electron chi connectivity index (χ1n) is 7.29. The molecule has 1 aromatic heterocycles. The number of para-hydroxylation sites is 1. The van der Waals surface area contributed by atoms with Crippen LogP contribution >= 0.6 is 0 Å². The van der Waals surface area contributed by atoms with Crippen LogP contribution in [0.5, 0.6) is 5.75 Å². The van der Waals surface area contributed by atoms with Gasteiger partial charge in [0.2, 0.25) is 0 Å². The van der Waals surface area contributed by atoms with Crippen molar-refractivity contribution in [2.45, 2.75) is 32.9 Å². The van der Waals surface area contributed by atoms with Gasteiger partial charge in [-0.2, -0.15) is 0 Å². The Morgan fingerprint density at radius 3 is 2.62 bits per heavy atom. The van der Waals surface area contributed by atoms with Crippen LogP contribution in [0.4, 0.5) is 0 Å². The van der Waals surface area contributed by atoms with Crippen molar-refractivity contribution < 1.29 is 9.47 Å². The van der Waals surface area contributed by atoms with Crippen molar-refractivity contribution in [1.29, 1.82) is 0 Å². The van der Waals surface area contributed by atoms with Crippen LogP contribution in [0.1, 0.15) is 26.5 Å². The maximum Gasteiger partial charge on any atom is 0.130 e. The maximum atomic E-state index is 5.91. The molecule has 0 saturated heterocycles. The molecular weight excluding hydrogens is 264 g/mol. The van der Waals surface area contributed by atoms with Gasteiger partial charge in [0.25, 0.3) is 0 Å². The normalized spacial score (nSPS) is 11.8. The van der Waals surface area contributed by atoms with Gasteiger partial charge in [-0.15, -0.1) is 0 Å². The molecule has 4 nitrogen and oxygen atoms in total. The van der Waals surface area contributed by atoms with Crippen LogP contribution in [-0.2, 0) is 11.3 Å². The Hall–Kier alpha value is -1.65. The Morgan fingerprint density at radius 1 is 1.14 bits per heavy atom. The van der Waals surface area contributed by atoms with Gasteiger partial charge >= 0.3 is 0 Å². The van der Waals surface area contributed by atoms with E-state index in [1.54, 1.807) is 0 Å². The van der Waals surface area contributed by atoms with E-state index in [9.17, 15) is 0 Å². The number of hydrogen-bond donors (Lipinski definition) is 1. The fourth-order valence-corrected chi connectivity index (χ4v) is 2.09. The fourth-order valence-electron chi connectivity index (χ4n) is 2.09. The second-order valence-electron chi connectivity index (χ2n) is 5.97. The number of aromatic nitrogens is 1. The summed E-state index contributed by atoms with van der Waals surface area (Å²) in [5.41, 5.74) is 1.79. The number of ether oxygens (including phenoxy) is 2. The average Bonchev–Trinajstić information content (AvgIpc) is 2.43. The third-order valence-corrected chi connectivity index (χ3v) is 2.97. The minimum Gasteiger partial charge on any atom is -0.490 e. The van der Waals surface area contributed by atoms with Crippen molar-refractivity contribution in [2.75, 3.05) is 20.3 Å². The van der Waals surface area contributed by atoms with E-state index < -0.39 is 0 Å². The lowest BCUT2D eigenvalue weighted by Gasteiger charge is -2.19. The van der Waals surface area contributed by atoms with Crippen LogP contribution < -0.4 is 10.1 Å². The molecule has 1 heterocycles. The molecule has 0 spiro atoms. The molecule has 4 heteroatoms. The molecule has 0 saturated carbocycles. The largest absolute Gasteiger partial charge is 0.490 e. The number of benzene rings is 1. The summed E-state index contributed by atoms with van der Waals surface area (Å²) in [6.45, 7) is 7.95. The van der Waals surface area contributed by atoms with Gasteiger partial charge in [0.05, 0.1) is 23.4 Å². The van der Waals surface area contributed by atoms with Crippen molar-refractivity contribution in [1.82, 2.24) is 10.3 Å². The third kappa shape index (κ3) is 4.69. The summed E-state index contributed by atoms with van der Waals surface area (Å²) < 4.78 is 11.6. The molecule has 0 atom stereocenters. The second-order valence-corrected chi connectivity index (χ2v) is 5.97. The van der Waals surface area contributed by atoms with Crippen molar-refractivity contribution in [3.63, 3.8) is 0 Å². The lowest BCUT2D eigenvalue weighted by Crippen LogP contribution is -2.22. The monoisotopic (exact) mass is 288 g/mol. The number of fused-ring (bicyclic) bond motifs is 1.